The minimum Gasteiger partial charge on any atom is -0.469 e. The number of nitrogens with zero attached hydrogens (tertiary/aromatic N) is 1. The van der Waals surface area contributed by atoms with Crippen LogP contribution in [-0.4, -0.2) is 48.6 Å². The summed E-state index contributed by atoms with van der Waals surface area (Å²) in [4.78, 5) is 38.9. The smallest absolute Gasteiger partial charge is 0.416 e. The lowest BCUT2D eigenvalue weighted by Crippen LogP contribution is -2.55. The average molecular weight is 451 g/mol. The second-order valence-corrected chi connectivity index (χ2v) is 7.74. The molecule has 1 fully saturated rings. The Hall–Kier alpha value is -3.10. The first kappa shape index (κ1) is 23.6. The Bertz CT molecular complexity index is 910. The summed E-state index contributed by atoms with van der Waals surface area (Å²) in [5.41, 5.74) is -0.00878. The largest absolute Gasteiger partial charge is 0.469 e. The Morgan fingerprint density at radius 1 is 1.19 bits per heavy atom. The highest BCUT2D eigenvalue weighted by atomic mass is 19.4. The molecule has 1 aliphatic carbocycles. The summed E-state index contributed by atoms with van der Waals surface area (Å²) < 4.78 is 49.2. The van der Waals surface area contributed by atoms with Crippen LogP contribution in [0.4, 0.5) is 18.0 Å². The van der Waals surface area contributed by atoms with Gasteiger partial charge in [-0.3, -0.25) is 9.59 Å². The van der Waals surface area contributed by atoms with Crippen LogP contribution >= 0.6 is 0 Å². The van der Waals surface area contributed by atoms with Crippen molar-refractivity contribution >= 4 is 17.8 Å². The minimum atomic E-state index is -4.48. The Balaban J connectivity index is 1.83. The van der Waals surface area contributed by atoms with E-state index < -0.39 is 41.7 Å². The van der Waals surface area contributed by atoms with Crippen LogP contribution in [0, 0.1) is 11.8 Å². The molecule has 0 bridgehead atoms. The highest BCUT2D eigenvalue weighted by molar-refractivity contribution is 5.88. The molecule has 0 radical (unpaired) electrons. The zero-order chi connectivity index (χ0) is 23.3. The first-order valence-corrected chi connectivity index (χ1v) is 10.2. The molecule has 172 valence electrons. The van der Waals surface area contributed by atoms with Gasteiger partial charge in [-0.2, -0.15) is 13.2 Å². The van der Waals surface area contributed by atoms with Crippen LogP contribution in [0.2, 0.25) is 0 Å². The Morgan fingerprint density at radius 3 is 2.50 bits per heavy atom. The molecule has 1 aliphatic heterocycles. The van der Waals surface area contributed by atoms with Crippen LogP contribution in [0.25, 0.3) is 0 Å². The molecule has 0 spiro atoms. The molecule has 1 unspecified atom stereocenters. The summed E-state index contributed by atoms with van der Waals surface area (Å²) >= 11 is 0. The fraction of sp³-hybridized carbons (Fsp3) is 0.435. The van der Waals surface area contributed by atoms with Gasteiger partial charge in [-0.15, -0.1) is 0 Å². The van der Waals surface area contributed by atoms with E-state index in [1.54, 1.807) is 24.3 Å². The predicted octanol–water partition coefficient (Wildman–Crippen LogP) is 4.21. The molecule has 3 rings (SSSR count). The molecular formula is C23H24F3NO5. The lowest BCUT2D eigenvalue weighted by Gasteiger charge is -2.43. The van der Waals surface area contributed by atoms with E-state index in [1.165, 1.54) is 18.1 Å². The zero-order valence-corrected chi connectivity index (χ0v) is 17.5. The third-order valence-electron chi connectivity index (χ3n) is 5.74. The Labute approximate surface area is 183 Å². The second-order valence-electron chi connectivity index (χ2n) is 7.74. The normalized spacial score (nSPS) is 23.5. The Morgan fingerprint density at radius 2 is 1.91 bits per heavy atom. The minimum absolute atomic E-state index is 0.0111. The molecule has 2 aliphatic rings. The molecular weight excluding hydrogens is 427 g/mol. The van der Waals surface area contributed by atoms with Gasteiger partial charge >= 0.3 is 18.2 Å². The Kier molecular flexibility index (Phi) is 7.37. The number of hydrogen-bond acceptors (Lipinski definition) is 5. The number of carbonyl (C=O) groups excluding carboxylic acids is 3. The number of piperidine rings is 1. The monoisotopic (exact) mass is 451 g/mol. The van der Waals surface area contributed by atoms with E-state index in [9.17, 15) is 27.6 Å². The number of benzene rings is 1. The number of likely N-dealkylation sites (tertiary alicyclic amines) is 1. The van der Waals surface area contributed by atoms with E-state index in [0.29, 0.717) is 0 Å². The average Bonchev–Trinajstić information content (AvgIpc) is 2.78. The molecule has 3 atom stereocenters. The first-order valence-electron chi connectivity index (χ1n) is 10.2. The number of rotatable bonds is 5. The van der Waals surface area contributed by atoms with Crippen LogP contribution in [0.15, 0.2) is 54.1 Å². The molecule has 6 nitrogen and oxygen atoms in total. The fourth-order valence-corrected chi connectivity index (χ4v) is 4.12. The van der Waals surface area contributed by atoms with Crippen molar-refractivity contribution in [2.24, 2.45) is 11.8 Å². The molecule has 1 heterocycles. The number of carbonyl (C=O) groups is 3. The maximum Gasteiger partial charge on any atom is 0.416 e. The summed E-state index contributed by atoms with van der Waals surface area (Å²) in [6.45, 7) is 0.0755. The first-order chi connectivity index (χ1) is 15.2. The molecule has 1 aromatic carbocycles. The van der Waals surface area contributed by atoms with Crippen molar-refractivity contribution < 1.29 is 37.0 Å². The number of allylic oxidation sites excluding steroid dienone is 3. The van der Waals surface area contributed by atoms with E-state index in [0.717, 1.165) is 17.7 Å². The van der Waals surface area contributed by atoms with E-state index in [-0.39, 0.29) is 38.2 Å². The van der Waals surface area contributed by atoms with Crippen LogP contribution in [0.5, 0.6) is 0 Å². The van der Waals surface area contributed by atoms with Crippen molar-refractivity contribution in [2.45, 2.75) is 38.1 Å². The van der Waals surface area contributed by atoms with Gasteiger partial charge in [-0.1, -0.05) is 48.6 Å². The summed E-state index contributed by atoms with van der Waals surface area (Å²) in [6, 6.07) is 8.19. The molecule has 0 aromatic heterocycles. The maximum absolute atomic E-state index is 13.0. The third-order valence-corrected chi connectivity index (χ3v) is 5.74. The number of Topliss-reactive ketones (excluding diaryl/α,β-unsaturated/α-hetero) is 1. The van der Waals surface area contributed by atoms with Crippen LogP contribution in [-0.2, 0) is 25.7 Å². The summed E-state index contributed by atoms with van der Waals surface area (Å²) in [5.74, 6) is -2.33. The molecule has 9 heteroatoms. The highest BCUT2D eigenvalue weighted by Crippen LogP contribution is 2.37. The number of ketones is 1. The van der Waals surface area contributed by atoms with Crippen molar-refractivity contribution in [1.29, 1.82) is 0 Å². The van der Waals surface area contributed by atoms with Crippen LogP contribution in [0.1, 0.15) is 24.8 Å². The quantitative estimate of drug-likeness (QED) is 0.627. The van der Waals surface area contributed by atoms with Crippen molar-refractivity contribution in [2.75, 3.05) is 13.7 Å². The van der Waals surface area contributed by atoms with Gasteiger partial charge in [0.1, 0.15) is 12.4 Å². The van der Waals surface area contributed by atoms with Crippen molar-refractivity contribution in [3.63, 3.8) is 0 Å². The molecule has 1 aromatic rings. The van der Waals surface area contributed by atoms with Gasteiger partial charge in [-0.05, 0) is 12.0 Å². The topological polar surface area (TPSA) is 72.9 Å². The molecule has 1 saturated heterocycles. The van der Waals surface area contributed by atoms with Crippen LogP contribution < -0.4 is 0 Å². The van der Waals surface area contributed by atoms with Gasteiger partial charge in [0.25, 0.3) is 0 Å². The number of alkyl halides is 3. The van der Waals surface area contributed by atoms with E-state index in [1.807, 2.05) is 6.07 Å². The maximum atomic E-state index is 13.0. The number of esters is 1. The second kappa shape index (κ2) is 10.0. The van der Waals surface area contributed by atoms with E-state index >= 15 is 0 Å². The lowest BCUT2D eigenvalue weighted by atomic mass is 9.76. The van der Waals surface area contributed by atoms with Gasteiger partial charge in [-0.25, -0.2) is 4.79 Å². The predicted molar refractivity (Wildman–Crippen MR) is 108 cm³/mol. The van der Waals surface area contributed by atoms with E-state index in [4.69, 9.17) is 9.47 Å². The number of methoxy groups -OCH3 is 1. The van der Waals surface area contributed by atoms with Crippen LogP contribution in [0.3, 0.4) is 0 Å². The van der Waals surface area contributed by atoms with Gasteiger partial charge in [0.2, 0.25) is 0 Å². The highest BCUT2D eigenvalue weighted by Gasteiger charge is 2.45. The standard InChI is InChI=1S/C23H24F3NO5/c1-31-20(29)13-18-19(28)11-12-27(22(30)32-14-15-5-3-2-4-6-15)21(18)16-7-9-17(10-8-16)23(24,25)26/h2-7,9-10,16,18,21H,8,11-14H2,1H3/t16?,18-,21+/m1/s1. The van der Waals surface area contributed by atoms with Crippen molar-refractivity contribution in [3.8, 4) is 0 Å². The lowest BCUT2D eigenvalue weighted by molar-refractivity contribution is -0.146. The molecule has 32 heavy (non-hydrogen) atoms. The van der Waals surface area contributed by atoms with Crippen molar-refractivity contribution in [3.05, 3.63) is 59.7 Å². The summed E-state index contributed by atoms with van der Waals surface area (Å²) in [6.07, 6.45) is -2.06. The van der Waals surface area contributed by atoms with Gasteiger partial charge < -0.3 is 14.4 Å². The zero-order valence-electron chi connectivity index (χ0n) is 17.5. The van der Waals surface area contributed by atoms with Crippen molar-refractivity contribution in [1.82, 2.24) is 4.90 Å². The fourth-order valence-electron chi connectivity index (χ4n) is 4.12. The third kappa shape index (κ3) is 5.57. The number of halogens is 3. The van der Waals surface area contributed by atoms with Gasteiger partial charge in [0.05, 0.1) is 25.1 Å². The number of hydrogen-bond donors (Lipinski definition) is 0. The summed E-state index contributed by atoms with van der Waals surface area (Å²) in [7, 11) is 1.19. The SMILES string of the molecule is COC(=O)C[C@@H]1C(=O)CCN(C(=O)OCc2ccccc2)[C@H]1C1C=CC(C(F)(F)F)=CC1. The van der Waals surface area contributed by atoms with E-state index in [2.05, 4.69) is 0 Å². The number of ether oxygens (including phenoxy) is 2. The molecule has 1 amide bonds. The molecule has 0 N–H and O–H groups in total. The summed E-state index contributed by atoms with van der Waals surface area (Å²) in [5, 5.41) is 0. The number of amides is 1. The van der Waals surface area contributed by atoms with Gasteiger partial charge in [0, 0.05) is 24.8 Å². The van der Waals surface area contributed by atoms with Gasteiger partial charge in [0.15, 0.2) is 0 Å². The molecule has 0 saturated carbocycles.